The molecule has 0 aliphatic heterocycles. The summed E-state index contributed by atoms with van der Waals surface area (Å²) in [6.07, 6.45) is 1.05. The van der Waals surface area contributed by atoms with Gasteiger partial charge < -0.3 is 15.8 Å². The predicted octanol–water partition coefficient (Wildman–Crippen LogP) is 1.71. The third-order valence-corrected chi connectivity index (χ3v) is 4.96. The maximum absolute atomic E-state index is 12.1. The molecule has 2 rings (SSSR count). The Morgan fingerprint density at radius 3 is 2.84 bits per heavy atom. The highest BCUT2D eigenvalue weighted by Crippen LogP contribution is 2.42. The van der Waals surface area contributed by atoms with Crippen LogP contribution in [0.1, 0.15) is 48.7 Å². The van der Waals surface area contributed by atoms with Crippen molar-refractivity contribution in [2.24, 2.45) is 11.1 Å². The molecule has 19 heavy (non-hydrogen) atoms. The maximum Gasteiger partial charge on any atom is 0.271 e. The maximum atomic E-state index is 12.1. The average Bonchev–Trinajstić information content (AvgIpc) is 2.83. The van der Waals surface area contributed by atoms with Crippen molar-refractivity contribution in [3.05, 3.63) is 16.1 Å². The van der Waals surface area contributed by atoms with Crippen molar-refractivity contribution in [3.8, 4) is 0 Å². The van der Waals surface area contributed by atoms with Crippen LogP contribution < -0.4 is 11.1 Å². The van der Waals surface area contributed by atoms with Crippen molar-refractivity contribution in [3.63, 3.8) is 0 Å². The highest BCUT2D eigenvalue weighted by atomic mass is 32.1. The summed E-state index contributed by atoms with van der Waals surface area (Å²) in [5.74, 6) is -0.129. The summed E-state index contributed by atoms with van der Waals surface area (Å²) in [5.41, 5.74) is 6.16. The van der Waals surface area contributed by atoms with E-state index in [-0.39, 0.29) is 29.5 Å². The van der Waals surface area contributed by atoms with Crippen molar-refractivity contribution in [1.82, 2.24) is 10.3 Å². The van der Waals surface area contributed by atoms with Crippen molar-refractivity contribution >= 4 is 17.2 Å². The monoisotopic (exact) mass is 283 g/mol. The Labute approximate surface area is 117 Å². The fourth-order valence-electron chi connectivity index (χ4n) is 2.36. The van der Waals surface area contributed by atoms with E-state index in [1.54, 1.807) is 12.5 Å². The summed E-state index contributed by atoms with van der Waals surface area (Å²) in [5, 5.41) is 5.57. The lowest BCUT2D eigenvalue weighted by Gasteiger charge is -2.51. The predicted molar refractivity (Wildman–Crippen MR) is 75.2 cm³/mol. The van der Waals surface area contributed by atoms with E-state index >= 15 is 0 Å². The van der Waals surface area contributed by atoms with Gasteiger partial charge in [0, 0.05) is 23.9 Å². The number of methoxy groups -OCH3 is 1. The van der Waals surface area contributed by atoms with Gasteiger partial charge in [0.15, 0.2) is 0 Å². The van der Waals surface area contributed by atoms with Gasteiger partial charge in [-0.1, -0.05) is 13.8 Å². The molecule has 1 aromatic rings. The van der Waals surface area contributed by atoms with E-state index < -0.39 is 0 Å². The zero-order valence-corrected chi connectivity index (χ0v) is 12.6. The van der Waals surface area contributed by atoms with Gasteiger partial charge in [0.2, 0.25) is 0 Å². The molecule has 1 fully saturated rings. The van der Waals surface area contributed by atoms with Crippen molar-refractivity contribution in [2.75, 3.05) is 7.11 Å². The molecule has 0 bridgehead atoms. The van der Waals surface area contributed by atoms with Gasteiger partial charge in [-0.15, -0.1) is 11.3 Å². The summed E-state index contributed by atoms with van der Waals surface area (Å²) in [7, 11) is 1.71. The fourth-order valence-corrected chi connectivity index (χ4v) is 3.12. The smallest absolute Gasteiger partial charge is 0.271 e. The third kappa shape index (κ3) is 2.66. The number of aromatic nitrogens is 1. The van der Waals surface area contributed by atoms with E-state index in [0.29, 0.717) is 5.69 Å². The molecule has 5 nitrogen and oxygen atoms in total. The van der Waals surface area contributed by atoms with Crippen LogP contribution in [0.25, 0.3) is 0 Å². The molecule has 1 aliphatic rings. The zero-order valence-electron chi connectivity index (χ0n) is 11.8. The molecule has 106 valence electrons. The minimum absolute atomic E-state index is 0.0373. The number of thiazole rings is 1. The molecule has 1 saturated carbocycles. The summed E-state index contributed by atoms with van der Waals surface area (Å²) in [4.78, 5) is 16.4. The topological polar surface area (TPSA) is 77.2 Å². The van der Waals surface area contributed by atoms with E-state index in [9.17, 15) is 4.79 Å². The molecule has 1 aromatic heterocycles. The van der Waals surface area contributed by atoms with Gasteiger partial charge in [-0.25, -0.2) is 4.98 Å². The standard InChI is InChI=1S/C13H21N3O2S/c1-7(14)12-15-8(6-19-12)11(17)16-9-5-10(18-4)13(9,2)3/h6-7,9-10H,5,14H2,1-4H3,(H,16,17). The van der Waals surface area contributed by atoms with E-state index in [4.69, 9.17) is 10.5 Å². The fraction of sp³-hybridized carbons (Fsp3) is 0.692. The van der Waals surface area contributed by atoms with Gasteiger partial charge in [-0.2, -0.15) is 0 Å². The number of nitrogens with two attached hydrogens (primary N) is 1. The van der Waals surface area contributed by atoms with E-state index in [1.165, 1.54) is 11.3 Å². The van der Waals surface area contributed by atoms with Crippen LogP contribution in [0.3, 0.4) is 0 Å². The number of hydrogen-bond acceptors (Lipinski definition) is 5. The summed E-state index contributed by atoms with van der Waals surface area (Å²) in [6.45, 7) is 6.06. The number of carbonyl (C=O) groups is 1. The molecular weight excluding hydrogens is 262 g/mol. The van der Waals surface area contributed by atoms with Crippen molar-refractivity contribution in [1.29, 1.82) is 0 Å². The highest BCUT2D eigenvalue weighted by Gasteiger charge is 2.49. The number of rotatable bonds is 4. The number of nitrogens with one attached hydrogen (secondary N) is 1. The van der Waals surface area contributed by atoms with Gasteiger partial charge in [0.05, 0.1) is 12.1 Å². The minimum atomic E-state index is -0.135. The molecular formula is C13H21N3O2S. The van der Waals surface area contributed by atoms with Crippen molar-refractivity contribution < 1.29 is 9.53 Å². The van der Waals surface area contributed by atoms with Crippen molar-refractivity contribution in [2.45, 2.75) is 45.4 Å². The Bertz CT molecular complexity index is 470. The number of nitrogens with zero attached hydrogens (tertiary/aromatic N) is 1. The Morgan fingerprint density at radius 1 is 1.68 bits per heavy atom. The zero-order chi connectivity index (χ0) is 14.2. The van der Waals surface area contributed by atoms with Crippen LogP contribution in [0.15, 0.2) is 5.38 Å². The van der Waals surface area contributed by atoms with Crippen LogP contribution >= 0.6 is 11.3 Å². The van der Waals surface area contributed by atoms with Crippen LogP contribution in [0, 0.1) is 5.41 Å². The summed E-state index contributed by atoms with van der Waals surface area (Å²) in [6, 6.07) is -0.00466. The SMILES string of the molecule is COC1CC(NC(=O)c2csc(C(C)N)n2)C1(C)C. The lowest BCUT2D eigenvalue weighted by molar-refractivity contribution is -0.0942. The van der Waals surface area contributed by atoms with E-state index in [2.05, 4.69) is 24.1 Å². The van der Waals surface area contributed by atoms with Gasteiger partial charge in [-0.3, -0.25) is 4.79 Å². The van der Waals surface area contributed by atoms with Crippen LogP contribution in [0.5, 0.6) is 0 Å². The van der Waals surface area contributed by atoms with Crippen LogP contribution in [-0.2, 0) is 4.74 Å². The Morgan fingerprint density at radius 2 is 2.37 bits per heavy atom. The van der Waals surface area contributed by atoms with E-state index in [0.717, 1.165) is 11.4 Å². The molecule has 1 heterocycles. The molecule has 0 aromatic carbocycles. The van der Waals surface area contributed by atoms with Crippen LogP contribution in [0.2, 0.25) is 0 Å². The first kappa shape index (κ1) is 14.4. The second-order valence-corrected chi connectivity index (χ2v) is 6.56. The Hall–Kier alpha value is -0.980. The lowest BCUT2D eigenvalue weighted by atomic mass is 9.64. The normalized spacial score (nSPS) is 26.6. The molecule has 1 amide bonds. The van der Waals surface area contributed by atoms with E-state index in [1.807, 2.05) is 6.92 Å². The molecule has 3 unspecified atom stereocenters. The molecule has 3 N–H and O–H groups in total. The van der Waals surface area contributed by atoms with Gasteiger partial charge >= 0.3 is 0 Å². The average molecular weight is 283 g/mol. The van der Waals surface area contributed by atoms with Crippen LogP contribution in [0.4, 0.5) is 0 Å². The molecule has 3 atom stereocenters. The molecule has 0 radical (unpaired) electrons. The van der Waals surface area contributed by atoms with Gasteiger partial charge in [0.25, 0.3) is 5.91 Å². The Balaban J connectivity index is 1.98. The second kappa shape index (κ2) is 5.19. The summed E-state index contributed by atoms with van der Waals surface area (Å²) >= 11 is 1.42. The number of ether oxygens (including phenoxy) is 1. The molecule has 0 saturated heterocycles. The number of hydrogen-bond donors (Lipinski definition) is 2. The van der Waals surface area contributed by atoms with Gasteiger partial charge in [0.1, 0.15) is 10.7 Å². The van der Waals surface area contributed by atoms with Crippen LogP contribution in [-0.4, -0.2) is 30.1 Å². The molecule has 6 heteroatoms. The first-order valence-electron chi connectivity index (χ1n) is 6.41. The largest absolute Gasteiger partial charge is 0.381 e. The summed E-state index contributed by atoms with van der Waals surface area (Å²) < 4.78 is 5.37. The Kier molecular flexibility index (Phi) is 3.94. The minimum Gasteiger partial charge on any atom is -0.381 e. The molecule has 1 aliphatic carbocycles. The first-order chi connectivity index (χ1) is 8.86. The third-order valence-electron chi connectivity index (χ3n) is 3.91. The molecule has 0 spiro atoms. The lowest BCUT2D eigenvalue weighted by Crippen LogP contribution is -2.61. The number of carbonyl (C=O) groups excluding carboxylic acids is 1. The quantitative estimate of drug-likeness (QED) is 0.882. The highest BCUT2D eigenvalue weighted by molar-refractivity contribution is 7.09. The van der Waals surface area contributed by atoms with Gasteiger partial charge in [-0.05, 0) is 13.3 Å². The number of amides is 1. The second-order valence-electron chi connectivity index (χ2n) is 5.67. The first-order valence-corrected chi connectivity index (χ1v) is 7.29.